The Morgan fingerprint density at radius 2 is 1.80 bits per heavy atom. The second-order valence-electron chi connectivity index (χ2n) is 4.58. The number of amides is 1. The van der Waals surface area contributed by atoms with Gasteiger partial charge in [0, 0.05) is 12.1 Å². The van der Waals surface area contributed by atoms with Crippen molar-refractivity contribution in [3.8, 4) is 0 Å². The fourth-order valence-corrected chi connectivity index (χ4v) is 2.63. The van der Waals surface area contributed by atoms with E-state index in [1.165, 1.54) is 12.1 Å². The predicted octanol–water partition coefficient (Wildman–Crippen LogP) is 1.94. The summed E-state index contributed by atoms with van der Waals surface area (Å²) in [5.74, 6) is 0.00737. The molecule has 0 saturated carbocycles. The van der Waals surface area contributed by atoms with Crippen LogP contribution in [0.1, 0.15) is 32.6 Å². The maximum atomic E-state index is 11.7. The zero-order chi connectivity index (χ0) is 15.0. The highest BCUT2D eigenvalue weighted by Crippen LogP contribution is 2.15. The minimum atomic E-state index is -3.19. The number of nitrogens with one attached hydrogen (secondary N) is 1. The van der Waals surface area contributed by atoms with Crippen LogP contribution in [0.25, 0.3) is 0 Å². The summed E-state index contributed by atoms with van der Waals surface area (Å²) in [6, 6.07) is 6.26. The van der Waals surface area contributed by atoms with Gasteiger partial charge < -0.3 is 11.1 Å². The standard InChI is InChI=1S/C14H22N2O3S/c1-2-20(18,19)13-9-7-12(8-10-13)16-14(17)6-4-3-5-11-15/h7-10H,2-6,11,15H2,1H3,(H,16,17). The Hall–Kier alpha value is -1.40. The average Bonchev–Trinajstić information content (AvgIpc) is 2.44. The van der Waals surface area contributed by atoms with Crippen LogP contribution >= 0.6 is 0 Å². The summed E-state index contributed by atoms with van der Waals surface area (Å²) in [5, 5.41) is 2.75. The zero-order valence-corrected chi connectivity index (χ0v) is 12.6. The van der Waals surface area contributed by atoms with E-state index < -0.39 is 9.84 Å². The maximum Gasteiger partial charge on any atom is 0.224 e. The van der Waals surface area contributed by atoms with Crippen LogP contribution in [0, 0.1) is 0 Å². The van der Waals surface area contributed by atoms with Crippen LogP contribution in [0.4, 0.5) is 5.69 Å². The molecule has 1 aromatic carbocycles. The number of nitrogens with two attached hydrogens (primary N) is 1. The molecule has 1 rings (SSSR count). The van der Waals surface area contributed by atoms with Gasteiger partial charge in [-0.15, -0.1) is 0 Å². The quantitative estimate of drug-likeness (QED) is 0.718. The summed E-state index contributed by atoms with van der Waals surface area (Å²) in [4.78, 5) is 11.9. The number of hydrogen-bond acceptors (Lipinski definition) is 4. The van der Waals surface area contributed by atoms with Crippen LogP contribution in [-0.2, 0) is 14.6 Å². The molecule has 6 heteroatoms. The topological polar surface area (TPSA) is 89.3 Å². The van der Waals surface area contributed by atoms with Gasteiger partial charge in [0.25, 0.3) is 0 Å². The number of carbonyl (C=O) groups excluding carboxylic acids is 1. The molecule has 112 valence electrons. The van der Waals surface area contributed by atoms with Crippen molar-refractivity contribution in [2.45, 2.75) is 37.5 Å². The molecule has 1 aromatic rings. The molecule has 0 aliphatic carbocycles. The van der Waals surface area contributed by atoms with Crippen molar-refractivity contribution < 1.29 is 13.2 Å². The van der Waals surface area contributed by atoms with Crippen LogP contribution in [0.3, 0.4) is 0 Å². The third-order valence-corrected chi connectivity index (χ3v) is 4.74. The van der Waals surface area contributed by atoms with Crippen molar-refractivity contribution in [1.82, 2.24) is 0 Å². The first-order valence-electron chi connectivity index (χ1n) is 6.82. The Morgan fingerprint density at radius 3 is 2.35 bits per heavy atom. The van der Waals surface area contributed by atoms with E-state index in [2.05, 4.69) is 5.32 Å². The van der Waals surface area contributed by atoms with Crippen molar-refractivity contribution in [3.05, 3.63) is 24.3 Å². The van der Waals surface area contributed by atoms with Gasteiger partial charge in [-0.3, -0.25) is 4.79 Å². The molecule has 0 aromatic heterocycles. The molecule has 1 amide bonds. The van der Waals surface area contributed by atoms with Gasteiger partial charge in [-0.25, -0.2) is 8.42 Å². The molecule has 20 heavy (non-hydrogen) atoms. The fraction of sp³-hybridized carbons (Fsp3) is 0.500. The number of anilines is 1. The summed E-state index contributed by atoms with van der Waals surface area (Å²) >= 11 is 0. The molecule has 0 bridgehead atoms. The number of sulfone groups is 1. The highest BCUT2D eigenvalue weighted by Gasteiger charge is 2.11. The Morgan fingerprint density at radius 1 is 1.15 bits per heavy atom. The van der Waals surface area contributed by atoms with E-state index >= 15 is 0 Å². The van der Waals surface area contributed by atoms with Gasteiger partial charge in [-0.1, -0.05) is 13.3 Å². The lowest BCUT2D eigenvalue weighted by Crippen LogP contribution is -2.11. The molecule has 0 atom stereocenters. The van der Waals surface area contributed by atoms with Gasteiger partial charge >= 0.3 is 0 Å². The van der Waals surface area contributed by atoms with Crippen LogP contribution in [-0.4, -0.2) is 26.6 Å². The first-order valence-corrected chi connectivity index (χ1v) is 8.47. The zero-order valence-electron chi connectivity index (χ0n) is 11.8. The number of carbonyl (C=O) groups is 1. The smallest absolute Gasteiger partial charge is 0.224 e. The summed E-state index contributed by atoms with van der Waals surface area (Å²) in [6.07, 6.45) is 3.13. The molecule has 0 spiro atoms. The van der Waals surface area contributed by atoms with Gasteiger partial charge in [0.2, 0.25) is 5.91 Å². The van der Waals surface area contributed by atoms with Gasteiger partial charge in [0.15, 0.2) is 9.84 Å². The lowest BCUT2D eigenvalue weighted by Gasteiger charge is -2.06. The number of unbranched alkanes of at least 4 members (excludes halogenated alkanes) is 2. The van der Waals surface area contributed by atoms with E-state index in [1.54, 1.807) is 19.1 Å². The first-order chi connectivity index (χ1) is 9.49. The summed E-state index contributed by atoms with van der Waals surface area (Å²) in [7, 11) is -3.19. The third-order valence-electron chi connectivity index (χ3n) is 2.99. The van der Waals surface area contributed by atoms with Gasteiger partial charge in [0.1, 0.15) is 0 Å². The normalized spacial score (nSPS) is 11.3. The minimum Gasteiger partial charge on any atom is -0.330 e. The van der Waals surface area contributed by atoms with Crippen LogP contribution < -0.4 is 11.1 Å². The molecule has 5 nitrogen and oxygen atoms in total. The van der Waals surface area contributed by atoms with Crippen molar-refractivity contribution >= 4 is 21.4 Å². The molecule has 3 N–H and O–H groups in total. The van der Waals surface area contributed by atoms with E-state index in [9.17, 15) is 13.2 Å². The minimum absolute atomic E-state index is 0.0619. The Balaban J connectivity index is 2.51. The van der Waals surface area contributed by atoms with Crippen LogP contribution in [0.5, 0.6) is 0 Å². The van der Waals surface area contributed by atoms with Crippen molar-refractivity contribution in [1.29, 1.82) is 0 Å². The molecule has 0 aliphatic heterocycles. The molecular weight excluding hydrogens is 276 g/mol. The number of rotatable bonds is 8. The van der Waals surface area contributed by atoms with Crippen molar-refractivity contribution in [2.75, 3.05) is 17.6 Å². The second-order valence-corrected chi connectivity index (χ2v) is 6.85. The summed E-state index contributed by atoms with van der Waals surface area (Å²) in [6.45, 7) is 2.25. The molecule has 0 saturated heterocycles. The van der Waals surface area contributed by atoms with Gasteiger partial charge in [0.05, 0.1) is 10.6 Å². The van der Waals surface area contributed by atoms with Gasteiger partial charge in [-0.2, -0.15) is 0 Å². The molecule has 0 aliphatic rings. The van der Waals surface area contributed by atoms with Crippen molar-refractivity contribution in [2.24, 2.45) is 5.73 Å². The van der Waals surface area contributed by atoms with E-state index in [-0.39, 0.29) is 16.6 Å². The summed E-state index contributed by atoms with van der Waals surface area (Å²) in [5.41, 5.74) is 5.99. The lowest BCUT2D eigenvalue weighted by atomic mass is 10.2. The van der Waals surface area contributed by atoms with Gasteiger partial charge in [-0.05, 0) is 43.7 Å². The first kappa shape index (κ1) is 16.7. The monoisotopic (exact) mass is 298 g/mol. The highest BCUT2D eigenvalue weighted by atomic mass is 32.2. The van der Waals surface area contributed by atoms with E-state index in [0.29, 0.717) is 18.7 Å². The number of hydrogen-bond donors (Lipinski definition) is 2. The summed E-state index contributed by atoms with van der Waals surface area (Å²) < 4.78 is 23.3. The van der Waals surface area contributed by atoms with Crippen LogP contribution in [0.2, 0.25) is 0 Å². The second kappa shape index (κ2) is 8.01. The Labute approximate surface area is 120 Å². The fourth-order valence-electron chi connectivity index (χ4n) is 1.74. The average molecular weight is 298 g/mol. The van der Waals surface area contributed by atoms with Crippen molar-refractivity contribution in [3.63, 3.8) is 0 Å². The van der Waals surface area contributed by atoms with E-state index in [1.807, 2.05) is 0 Å². The molecule has 0 fully saturated rings. The van der Waals surface area contributed by atoms with Crippen LogP contribution in [0.15, 0.2) is 29.2 Å². The maximum absolute atomic E-state index is 11.7. The SMILES string of the molecule is CCS(=O)(=O)c1ccc(NC(=O)CCCCCN)cc1. The highest BCUT2D eigenvalue weighted by molar-refractivity contribution is 7.91. The molecule has 0 radical (unpaired) electrons. The predicted molar refractivity (Wildman–Crippen MR) is 80.3 cm³/mol. The molecule has 0 heterocycles. The molecular formula is C14H22N2O3S. The third kappa shape index (κ3) is 5.30. The number of benzene rings is 1. The Bertz CT molecular complexity index is 524. The largest absolute Gasteiger partial charge is 0.330 e. The van der Waals surface area contributed by atoms with E-state index in [4.69, 9.17) is 5.73 Å². The lowest BCUT2D eigenvalue weighted by molar-refractivity contribution is -0.116. The Kier molecular flexibility index (Phi) is 6.67. The van der Waals surface area contributed by atoms with E-state index in [0.717, 1.165) is 19.3 Å². The molecule has 0 unspecified atom stereocenters.